The number of nitrogens with two attached hydrogens (primary N) is 2. The van der Waals surface area contributed by atoms with Crippen molar-refractivity contribution in [2.45, 2.75) is 23.3 Å². The second-order valence-corrected chi connectivity index (χ2v) is 3.82. The highest BCUT2D eigenvalue weighted by Gasteiger charge is 2.03. The van der Waals surface area contributed by atoms with Gasteiger partial charge < -0.3 is 11.5 Å². The van der Waals surface area contributed by atoms with E-state index in [1.807, 2.05) is 0 Å². The Kier molecular flexibility index (Phi) is 6.73. The Labute approximate surface area is 73.6 Å². The minimum Gasteiger partial charge on any atom is -0.329 e. The van der Waals surface area contributed by atoms with Crippen LogP contribution < -0.4 is 11.5 Å². The molecule has 0 radical (unpaired) electrons. The molecule has 0 aromatic heterocycles. The van der Waals surface area contributed by atoms with E-state index in [1.165, 1.54) is 0 Å². The van der Waals surface area contributed by atoms with Crippen molar-refractivity contribution >= 4 is 25.3 Å². The number of rotatable bonds is 5. The lowest BCUT2D eigenvalue weighted by atomic mass is 10.2. The van der Waals surface area contributed by atoms with E-state index in [4.69, 9.17) is 11.5 Å². The molecule has 62 valence electrons. The minimum atomic E-state index is 0.307. The number of hydrogen-bond donors (Lipinski definition) is 4. The molecule has 0 saturated heterocycles. The van der Waals surface area contributed by atoms with Crippen LogP contribution in [0.4, 0.5) is 0 Å². The monoisotopic (exact) mass is 180 g/mol. The molecule has 0 aliphatic carbocycles. The molecule has 4 N–H and O–H groups in total. The third-order valence-electron chi connectivity index (χ3n) is 1.38. The van der Waals surface area contributed by atoms with Crippen LogP contribution in [0.3, 0.4) is 0 Å². The summed E-state index contributed by atoms with van der Waals surface area (Å²) in [6.45, 7) is 1.27. The fourth-order valence-corrected chi connectivity index (χ4v) is 0.919. The van der Waals surface area contributed by atoms with Crippen molar-refractivity contribution in [1.82, 2.24) is 0 Å². The zero-order valence-corrected chi connectivity index (χ0v) is 7.82. The maximum Gasteiger partial charge on any atom is 0.0140 e. The van der Waals surface area contributed by atoms with E-state index < -0.39 is 0 Å². The molecule has 0 amide bonds. The number of hydrogen-bond acceptors (Lipinski definition) is 4. The molecule has 2 unspecified atom stereocenters. The Morgan fingerprint density at radius 3 is 1.40 bits per heavy atom. The van der Waals surface area contributed by atoms with Crippen molar-refractivity contribution in [3.05, 3.63) is 0 Å². The van der Waals surface area contributed by atoms with E-state index in [2.05, 4.69) is 25.3 Å². The lowest BCUT2D eigenvalue weighted by Gasteiger charge is -2.10. The van der Waals surface area contributed by atoms with E-state index in [1.54, 1.807) is 0 Å². The average molecular weight is 180 g/mol. The summed E-state index contributed by atoms with van der Waals surface area (Å²) in [5.41, 5.74) is 10.7. The second-order valence-electron chi connectivity index (χ2n) is 2.36. The van der Waals surface area contributed by atoms with Gasteiger partial charge >= 0.3 is 0 Å². The summed E-state index contributed by atoms with van der Waals surface area (Å²) in [5, 5.41) is 0.613. The molecule has 0 aromatic rings. The summed E-state index contributed by atoms with van der Waals surface area (Å²) in [5.74, 6) is 0. The highest BCUT2D eigenvalue weighted by molar-refractivity contribution is 7.81. The van der Waals surface area contributed by atoms with Gasteiger partial charge in [-0.1, -0.05) is 0 Å². The lowest BCUT2D eigenvalue weighted by Crippen LogP contribution is -2.19. The van der Waals surface area contributed by atoms with E-state index in [0.29, 0.717) is 23.6 Å². The molecule has 0 fully saturated rings. The van der Waals surface area contributed by atoms with Gasteiger partial charge in [0.1, 0.15) is 0 Å². The Morgan fingerprint density at radius 1 is 0.900 bits per heavy atom. The minimum absolute atomic E-state index is 0.307. The Morgan fingerprint density at radius 2 is 1.20 bits per heavy atom. The van der Waals surface area contributed by atoms with Crippen molar-refractivity contribution in [1.29, 1.82) is 0 Å². The van der Waals surface area contributed by atoms with Gasteiger partial charge in [0.2, 0.25) is 0 Å². The smallest absolute Gasteiger partial charge is 0.0140 e. The molecule has 0 aliphatic heterocycles. The topological polar surface area (TPSA) is 52.0 Å². The van der Waals surface area contributed by atoms with Crippen LogP contribution in [-0.2, 0) is 0 Å². The quantitative estimate of drug-likeness (QED) is 0.459. The Hall–Kier alpha value is 0.620. The van der Waals surface area contributed by atoms with Crippen LogP contribution in [-0.4, -0.2) is 23.6 Å². The van der Waals surface area contributed by atoms with Gasteiger partial charge in [-0.25, -0.2) is 0 Å². The van der Waals surface area contributed by atoms with Crippen LogP contribution in [0.1, 0.15) is 12.8 Å². The summed E-state index contributed by atoms with van der Waals surface area (Å²) in [7, 11) is 0. The van der Waals surface area contributed by atoms with E-state index in [0.717, 1.165) is 12.8 Å². The first-order valence-corrected chi connectivity index (χ1v) is 4.50. The standard InChI is InChI=1S/C6H16N2S2/c7-3-5(9)1-2-6(10)4-8/h5-6,9-10H,1-4,7-8H2. The SMILES string of the molecule is NCC(S)CCC(S)CN. The molecule has 10 heavy (non-hydrogen) atoms. The first-order valence-electron chi connectivity index (χ1n) is 3.47. The second kappa shape index (κ2) is 6.34. The zero-order chi connectivity index (χ0) is 7.98. The summed E-state index contributed by atoms with van der Waals surface area (Å²) in [4.78, 5) is 0. The first-order chi connectivity index (χ1) is 4.70. The molecule has 0 bridgehead atoms. The molecule has 0 spiro atoms. The van der Waals surface area contributed by atoms with Crippen LogP contribution in [0.2, 0.25) is 0 Å². The molecular formula is C6H16N2S2. The van der Waals surface area contributed by atoms with Crippen molar-refractivity contribution in [3.63, 3.8) is 0 Å². The molecular weight excluding hydrogens is 164 g/mol. The van der Waals surface area contributed by atoms with Crippen LogP contribution in [0.5, 0.6) is 0 Å². The van der Waals surface area contributed by atoms with Gasteiger partial charge in [-0.2, -0.15) is 25.3 Å². The van der Waals surface area contributed by atoms with E-state index in [9.17, 15) is 0 Å². The van der Waals surface area contributed by atoms with E-state index in [-0.39, 0.29) is 0 Å². The van der Waals surface area contributed by atoms with Gasteiger partial charge in [-0.05, 0) is 12.8 Å². The predicted octanol–water partition coefficient (Wildman–Crippen LogP) is 0.281. The summed E-state index contributed by atoms with van der Waals surface area (Å²) in [6.07, 6.45) is 2.01. The van der Waals surface area contributed by atoms with Crippen LogP contribution in [0.25, 0.3) is 0 Å². The van der Waals surface area contributed by atoms with Crippen molar-refractivity contribution in [2.24, 2.45) is 11.5 Å². The predicted molar refractivity (Wildman–Crippen MR) is 52.9 cm³/mol. The van der Waals surface area contributed by atoms with Gasteiger partial charge in [0.15, 0.2) is 0 Å². The highest BCUT2D eigenvalue weighted by Crippen LogP contribution is 2.08. The molecule has 0 heterocycles. The summed E-state index contributed by atoms with van der Waals surface area (Å²) in [6, 6.07) is 0. The molecule has 4 heteroatoms. The Bertz CT molecular complexity index is 70.1. The fourth-order valence-electron chi connectivity index (χ4n) is 0.620. The van der Waals surface area contributed by atoms with Crippen LogP contribution in [0, 0.1) is 0 Å². The Balaban J connectivity index is 3.17. The molecule has 2 nitrogen and oxygen atoms in total. The van der Waals surface area contributed by atoms with Gasteiger partial charge in [0, 0.05) is 23.6 Å². The zero-order valence-electron chi connectivity index (χ0n) is 6.03. The van der Waals surface area contributed by atoms with Crippen molar-refractivity contribution in [3.8, 4) is 0 Å². The van der Waals surface area contributed by atoms with Crippen molar-refractivity contribution < 1.29 is 0 Å². The van der Waals surface area contributed by atoms with Gasteiger partial charge in [-0.15, -0.1) is 0 Å². The third kappa shape index (κ3) is 5.41. The molecule has 2 atom stereocenters. The van der Waals surface area contributed by atoms with Gasteiger partial charge in [-0.3, -0.25) is 0 Å². The third-order valence-corrected chi connectivity index (χ3v) is 2.32. The van der Waals surface area contributed by atoms with E-state index >= 15 is 0 Å². The maximum atomic E-state index is 5.37. The number of thiol groups is 2. The normalized spacial score (nSPS) is 16.8. The molecule has 0 aromatic carbocycles. The van der Waals surface area contributed by atoms with Crippen LogP contribution >= 0.6 is 25.3 Å². The molecule has 0 rings (SSSR count). The average Bonchev–Trinajstić information content (AvgIpc) is 1.99. The first kappa shape index (κ1) is 10.6. The largest absolute Gasteiger partial charge is 0.329 e. The maximum absolute atomic E-state index is 5.37. The molecule has 0 saturated carbocycles. The lowest BCUT2D eigenvalue weighted by molar-refractivity contribution is 0.680. The fraction of sp³-hybridized carbons (Fsp3) is 1.00. The summed E-state index contributed by atoms with van der Waals surface area (Å²) >= 11 is 8.49. The van der Waals surface area contributed by atoms with Crippen molar-refractivity contribution in [2.75, 3.05) is 13.1 Å². The highest BCUT2D eigenvalue weighted by atomic mass is 32.1. The summed E-state index contributed by atoms with van der Waals surface area (Å²) < 4.78 is 0. The van der Waals surface area contributed by atoms with Crippen LogP contribution in [0.15, 0.2) is 0 Å². The molecule has 0 aliphatic rings. The van der Waals surface area contributed by atoms with Gasteiger partial charge in [0.05, 0.1) is 0 Å². The van der Waals surface area contributed by atoms with Gasteiger partial charge in [0.25, 0.3) is 0 Å².